The molecule has 0 fully saturated rings. The van der Waals surface area contributed by atoms with Crippen molar-refractivity contribution < 1.29 is 0 Å². The van der Waals surface area contributed by atoms with Crippen LogP contribution in [0.5, 0.6) is 0 Å². The van der Waals surface area contributed by atoms with Crippen LogP contribution in [0.4, 0.5) is 5.69 Å². The lowest BCUT2D eigenvalue weighted by Gasteiger charge is -2.16. The zero-order valence-electron chi connectivity index (χ0n) is 8.88. The van der Waals surface area contributed by atoms with E-state index in [-0.39, 0.29) is 6.04 Å². The summed E-state index contributed by atoms with van der Waals surface area (Å²) in [7, 11) is 0. The Labute approximate surface area is 101 Å². The predicted octanol–water partition coefficient (Wildman–Crippen LogP) is 3.13. The fourth-order valence-corrected chi connectivity index (χ4v) is 1.79. The van der Waals surface area contributed by atoms with Gasteiger partial charge in [0.25, 0.3) is 0 Å². The van der Waals surface area contributed by atoms with Crippen LogP contribution in [0.1, 0.15) is 18.9 Å². The highest BCUT2D eigenvalue weighted by atomic mass is 35.5. The molecule has 15 heavy (non-hydrogen) atoms. The highest BCUT2D eigenvalue weighted by Crippen LogP contribution is 2.21. The molecule has 0 bridgehead atoms. The van der Waals surface area contributed by atoms with Crippen molar-refractivity contribution in [2.45, 2.75) is 26.3 Å². The maximum atomic E-state index is 5.92. The molecule has 0 saturated carbocycles. The van der Waals surface area contributed by atoms with Crippen LogP contribution in [-0.2, 0) is 0 Å². The second kappa shape index (κ2) is 5.33. The van der Waals surface area contributed by atoms with Gasteiger partial charge in [-0.25, -0.2) is 0 Å². The van der Waals surface area contributed by atoms with Gasteiger partial charge in [-0.2, -0.15) is 0 Å². The van der Waals surface area contributed by atoms with Crippen molar-refractivity contribution in [2.75, 3.05) is 5.32 Å². The minimum Gasteiger partial charge on any atom is -0.393 e. The molecule has 0 aromatic heterocycles. The third-order valence-corrected chi connectivity index (χ3v) is 2.51. The average Bonchev–Trinajstić information content (AvgIpc) is 2.10. The SMILES string of the molecule is Cc1ccc(Cl)cc1NC(C)CC(N)=S. The number of hydrogen-bond donors (Lipinski definition) is 2. The number of nitrogens with one attached hydrogen (secondary N) is 1. The Morgan fingerprint density at radius 1 is 1.60 bits per heavy atom. The topological polar surface area (TPSA) is 38.0 Å². The molecular formula is C11H15ClN2S. The molecule has 1 atom stereocenters. The Morgan fingerprint density at radius 2 is 2.27 bits per heavy atom. The first-order valence-corrected chi connectivity index (χ1v) is 5.58. The molecule has 0 amide bonds. The molecule has 0 spiro atoms. The van der Waals surface area contributed by atoms with Crippen LogP contribution in [0.3, 0.4) is 0 Å². The molecule has 0 aliphatic rings. The molecule has 0 saturated heterocycles. The van der Waals surface area contributed by atoms with Crippen LogP contribution in [-0.4, -0.2) is 11.0 Å². The van der Waals surface area contributed by atoms with Crippen LogP contribution >= 0.6 is 23.8 Å². The van der Waals surface area contributed by atoms with Gasteiger partial charge >= 0.3 is 0 Å². The van der Waals surface area contributed by atoms with Crippen LogP contribution < -0.4 is 11.1 Å². The molecule has 3 N–H and O–H groups in total. The zero-order valence-corrected chi connectivity index (χ0v) is 10.5. The van der Waals surface area contributed by atoms with E-state index in [0.29, 0.717) is 11.4 Å². The maximum absolute atomic E-state index is 5.92. The zero-order chi connectivity index (χ0) is 11.4. The van der Waals surface area contributed by atoms with Gasteiger partial charge in [0.05, 0.1) is 4.99 Å². The molecule has 0 heterocycles. The standard InChI is InChI=1S/C11H15ClN2S/c1-7-3-4-9(12)6-10(7)14-8(2)5-11(13)15/h3-4,6,8,14H,5H2,1-2H3,(H2,13,15). The Balaban J connectivity index is 2.71. The van der Waals surface area contributed by atoms with E-state index >= 15 is 0 Å². The maximum Gasteiger partial charge on any atom is 0.0747 e. The summed E-state index contributed by atoms with van der Waals surface area (Å²) in [5, 5.41) is 4.06. The van der Waals surface area contributed by atoms with Crippen LogP contribution in [0.2, 0.25) is 5.02 Å². The van der Waals surface area contributed by atoms with E-state index in [2.05, 4.69) is 5.32 Å². The molecule has 1 rings (SSSR count). The Morgan fingerprint density at radius 3 is 2.87 bits per heavy atom. The third kappa shape index (κ3) is 4.06. The first-order valence-electron chi connectivity index (χ1n) is 4.80. The van der Waals surface area contributed by atoms with Crippen molar-refractivity contribution in [2.24, 2.45) is 5.73 Å². The van der Waals surface area contributed by atoms with Gasteiger partial charge < -0.3 is 11.1 Å². The van der Waals surface area contributed by atoms with E-state index in [4.69, 9.17) is 29.6 Å². The van der Waals surface area contributed by atoms with E-state index in [1.165, 1.54) is 0 Å². The van der Waals surface area contributed by atoms with Gasteiger partial charge in [-0.15, -0.1) is 0 Å². The summed E-state index contributed by atoms with van der Waals surface area (Å²) in [6.07, 6.45) is 0.682. The van der Waals surface area contributed by atoms with Gasteiger partial charge in [-0.1, -0.05) is 29.9 Å². The number of thiocarbonyl (C=S) groups is 1. The molecule has 0 aliphatic carbocycles. The fourth-order valence-electron chi connectivity index (χ4n) is 1.37. The van der Waals surface area contributed by atoms with Gasteiger partial charge in [-0.3, -0.25) is 0 Å². The lowest BCUT2D eigenvalue weighted by molar-refractivity contribution is 0.838. The summed E-state index contributed by atoms with van der Waals surface area (Å²) < 4.78 is 0. The number of halogens is 1. The molecule has 1 aromatic carbocycles. The predicted molar refractivity (Wildman–Crippen MR) is 70.7 cm³/mol. The summed E-state index contributed by atoms with van der Waals surface area (Å²) in [4.78, 5) is 0.523. The first kappa shape index (κ1) is 12.3. The average molecular weight is 243 g/mol. The number of benzene rings is 1. The van der Waals surface area contributed by atoms with E-state index < -0.39 is 0 Å². The fraction of sp³-hybridized carbons (Fsp3) is 0.364. The highest BCUT2D eigenvalue weighted by molar-refractivity contribution is 7.80. The smallest absolute Gasteiger partial charge is 0.0747 e. The Bertz CT molecular complexity index is 366. The van der Waals surface area contributed by atoms with Gasteiger partial charge in [-0.05, 0) is 31.5 Å². The van der Waals surface area contributed by atoms with Crippen molar-refractivity contribution >= 4 is 34.5 Å². The molecule has 1 aromatic rings. The molecule has 82 valence electrons. The quantitative estimate of drug-likeness (QED) is 0.797. The summed E-state index contributed by atoms with van der Waals surface area (Å²) in [5.74, 6) is 0. The second-order valence-electron chi connectivity index (χ2n) is 3.68. The van der Waals surface area contributed by atoms with Gasteiger partial charge in [0.2, 0.25) is 0 Å². The summed E-state index contributed by atoms with van der Waals surface area (Å²) in [6.45, 7) is 4.08. The molecule has 1 unspecified atom stereocenters. The van der Waals surface area contributed by atoms with Gasteiger partial charge in [0, 0.05) is 23.2 Å². The number of rotatable bonds is 4. The van der Waals surface area contributed by atoms with Crippen LogP contribution in [0.25, 0.3) is 0 Å². The van der Waals surface area contributed by atoms with Crippen molar-refractivity contribution in [3.63, 3.8) is 0 Å². The van der Waals surface area contributed by atoms with Crippen molar-refractivity contribution in [1.29, 1.82) is 0 Å². The van der Waals surface area contributed by atoms with Gasteiger partial charge in [0.15, 0.2) is 0 Å². The minimum atomic E-state index is 0.222. The van der Waals surface area contributed by atoms with Crippen LogP contribution in [0, 0.1) is 6.92 Å². The lowest BCUT2D eigenvalue weighted by Crippen LogP contribution is -2.23. The second-order valence-corrected chi connectivity index (χ2v) is 4.64. The first-order chi connectivity index (χ1) is 6.99. The van der Waals surface area contributed by atoms with E-state index in [9.17, 15) is 0 Å². The van der Waals surface area contributed by atoms with Crippen molar-refractivity contribution in [3.8, 4) is 0 Å². The molecule has 0 aliphatic heterocycles. The van der Waals surface area contributed by atoms with Crippen molar-refractivity contribution in [1.82, 2.24) is 0 Å². The molecule has 4 heteroatoms. The van der Waals surface area contributed by atoms with E-state index in [1.807, 2.05) is 32.0 Å². The van der Waals surface area contributed by atoms with E-state index in [1.54, 1.807) is 0 Å². The molecule has 2 nitrogen and oxygen atoms in total. The summed E-state index contributed by atoms with van der Waals surface area (Å²) >= 11 is 10.8. The van der Waals surface area contributed by atoms with Gasteiger partial charge in [0.1, 0.15) is 0 Å². The Hall–Kier alpha value is -0.800. The number of nitrogens with two attached hydrogens (primary N) is 1. The summed E-state index contributed by atoms with van der Waals surface area (Å²) in [6, 6.07) is 5.99. The monoisotopic (exact) mass is 242 g/mol. The van der Waals surface area contributed by atoms with Crippen molar-refractivity contribution in [3.05, 3.63) is 28.8 Å². The number of anilines is 1. The number of aryl methyl sites for hydroxylation is 1. The summed E-state index contributed by atoms with van der Waals surface area (Å²) in [5.41, 5.74) is 7.68. The minimum absolute atomic E-state index is 0.222. The lowest BCUT2D eigenvalue weighted by atomic mass is 10.1. The largest absolute Gasteiger partial charge is 0.393 e. The molecule has 0 radical (unpaired) electrons. The van der Waals surface area contributed by atoms with Crippen LogP contribution in [0.15, 0.2) is 18.2 Å². The highest BCUT2D eigenvalue weighted by Gasteiger charge is 2.05. The third-order valence-electron chi connectivity index (χ3n) is 2.11. The Kier molecular flexibility index (Phi) is 4.36. The van der Waals surface area contributed by atoms with E-state index in [0.717, 1.165) is 16.3 Å². The number of hydrogen-bond acceptors (Lipinski definition) is 2. The molecular weight excluding hydrogens is 228 g/mol. The normalized spacial score (nSPS) is 12.2.